The summed E-state index contributed by atoms with van der Waals surface area (Å²) in [6, 6.07) is 0. The SMILES string of the molecule is C=CC[N+](CC=C)(CC=CO)CC=CO.[OH-]. The van der Waals surface area contributed by atoms with Crippen molar-refractivity contribution in [2.75, 3.05) is 26.2 Å². The van der Waals surface area contributed by atoms with Gasteiger partial charge >= 0.3 is 0 Å². The van der Waals surface area contributed by atoms with Crippen LogP contribution >= 0.6 is 0 Å². The van der Waals surface area contributed by atoms with Crippen LogP contribution in [0.2, 0.25) is 0 Å². The molecule has 0 heterocycles. The Hall–Kier alpha value is -1.52. The van der Waals surface area contributed by atoms with Gasteiger partial charge in [0.25, 0.3) is 0 Å². The Balaban J connectivity index is 0. The molecule has 0 aromatic heterocycles. The van der Waals surface area contributed by atoms with E-state index in [-0.39, 0.29) is 5.48 Å². The van der Waals surface area contributed by atoms with Crippen molar-refractivity contribution in [3.05, 3.63) is 50.0 Å². The van der Waals surface area contributed by atoms with E-state index in [9.17, 15) is 0 Å². The molecule has 0 unspecified atom stereocenters. The van der Waals surface area contributed by atoms with Gasteiger partial charge in [-0.1, -0.05) is 13.2 Å². The summed E-state index contributed by atoms with van der Waals surface area (Å²) in [5.74, 6) is 0. The number of aliphatic hydroxyl groups excluding tert-OH is 2. The Morgan fingerprint density at radius 3 is 1.44 bits per heavy atom. The first-order chi connectivity index (χ1) is 7.24. The first-order valence-electron chi connectivity index (χ1n) is 4.90. The van der Waals surface area contributed by atoms with E-state index in [1.165, 1.54) is 0 Å². The molecule has 0 spiro atoms. The molecule has 0 saturated heterocycles. The van der Waals surface area contributed by atoms with Crippen molar-refractivity contribution in [3.8, 4) is 0 Å². The average molecular weight is 227 g/mol. The molecule has 0 aliphatic rings. The van der Waals surface area contributed by atoms with E-state index < -0.39 is 0 Å². The summed E-state index contributed by atoms with van der Waals surface area (Å²) in [4.78, 5) is 0. The van der Waals surface area contributed by atoms with Gasteiger partial charge < -0.3 is 20.2 Å². The fourth-order valence-electron chi connectivity index (χ4n) is 1.54. The van der Waals surface area contributed by atoms with Crippen molar-refractivity contribution < 1.29 is 20.2 Å². The quantitative estimate of drug-likeness (QED) is 0.379. The third-order valence-corrected chi connectivity index (χ3v) is 2.23. The molecule has 0 aliphatic heterocycles. The van der Waals surface area contributed by atoms with Gasteiger partial charge in [0.2, 0.25) is 0 Å². The Kier molecular flexibility index (Phi) is 10.6. The van der Waals surface area contributed by atoms with Crippen LogP contribution in [0.25, 0.3) is 0 Å². The van der Waals surface area contributed by atoms with Gasteiger partial charge in [0.15, 0.2) is 0 Å². The summed E-state index contributed by atoms with van der Waals surface area (Å²) < 4.78 is 0.668. The molecular weight excluding hydrogens is 206 g/mol. The number of rotatable bonds is 8. The summed E-state index contributed by atoms with van der Waals surface area (Å²) in [6.45, 7) is 10.3. The monoisotopic (exact) mass is 227 g/mol. The van der Waals surface area contributed by atoms with Crippen molar-refractivity contribution >= 4 is 0 Å². The highest BCUT2D eigenvalue weighted by molar-refractivity contribution is 4.82. The average Bonchev–Trinajstić information content (AvgIpc) is 2.24. The van der Waals surface area contributed by atoms with Crippen LogP contribution in [0, 0.1) is 0 Å². The number of hydrogen-bond acceptors (Lipinski definition) is 3. The van der Waals surface area contributed by atoms with Gasteiger partial charge in [0.05, 0.1) is 25.6 Å². The van der Waals surface area contributed by atoms with Crippen LogP contribution in [0.1, 0.15) is 0 Å². The van der Waals surface area contributed by atoms with Crippen molar-refractivity contribution in [2.45, 2.75) is 0 Å². The zero-order valence-corrected chi connectivity index (χ0v) is 9.50. The van der Waals surface area contributed by atoms with Crippen LogP contribution in [-0.4, -0.2) is 46.4 Å². The summed E-state index contributed by atoms with van der Waals surface area (Å²) >= 11 is 0. The second-order valence-corrected chi connectivity index (χ2v) is 3.42. The van der Waals surface area contributed by atoms with Gasteiger partial charge in [-0.05, 0) is 12.2 Å². The summed E-state index contributed by atoms with van der Waals surface area (Å²) in [5.41, 5.74) is 0. The van der Waals surface area contributed by atoms with Crippen LogP contribution in [0.3, 0.4) is 0 Å². The molecule has 0 fully saturated rings. The number of aliphatic hydroxyl groups is 2. The smallest absolute Gasteiger partial charge is 0.101 e. The van der Waals surface area contributed by atoms with Crippen LogP contribution in [-0.2, 0) is 0 Å². The van der Waals surface area contributed by atoms with E-state index >= 15 is 0 Å². The lowest BCUT2D eigenvalue weighted by atomic mass is 10.3. The maximum Gasteiger partial charge on any atom is 0.101 e. The summed E-state index contributed by atoms with van der Waals surface area (Å²) in [5, 5.41) is 17.4. The molecule has 4 nitrogen and oxygen atoms in total. The zero-order chi connectivity index (χ0) is 11.6. The highest BCUT2D eigenvalue weighted by Crippen LogP contribution is 2.08. The Morgan fingerprint density at radius 2 is 1.19 bits per heavy atom. The number of hydrogen-bond donors (Lipinski definition) is 2. The van der Waals surface area contributed by atoms with E-state index in [0.717, 1.165) is 25.6 Å². The summed E-state index contributed by atoms with van der Waals surface area (Å²) in [6.07, 6.45) is 9.14. The van der Waals surface area contributed by atoms with E-state index in [1.54, 1.807) is 12.2 Å². The highest BCUT2D eigenvalue weighted by atomic mass is 16.2. The van der Waals surface area contributed by atoms with Gasteiger partial charge in [-0.3, -0.25) is 0 Å². The zero-order valence-electron chi connectivity index (χ0n) is 9.50. The summed E-state index contributed by atoms with van der Waals surface area (Å²) in [7, 11) is 0. The van der Waals surface area contributed by atoms with Crippen molar-refractivity contribution in [1.29, 1.82) is 0 Å². The molecular formula is C12H21NO3. The molecule has 0 aromatic carbocycles. The minimum Gasteiger partial charge on any atom is -0.870 e. The highest BCUT2D eigenvalue weighted by Gasteiger charge is 2.21. The van der Waals surface area contributed by atoms with Gasteiger partial charge in [-0.2, -0.15) is 0 Å². The van der Waals surface area contributed by atoms with Crippen LogP contribution < -0.4 is 0 Å². The normalized spacial score (nSPS) is 11.5. The molecule has 0 saturated carbocycles. The van der Waals surface area contributed by atoms with Crippen LogP contribution in [0.5, 0.6) is 0 Å². The predicted octanol–water partition coefficient (Wildman–Crippen LogP) is 2.14. The molecule has 0 atom stereocenters. The van der Waals surface area contributed by atoms with E-state index in [2.05, 4.69) is 13.2 Å². The molecule has 0 aromatic rings. The minimum absolute atomic E-state index is 0. The third-order valence-electron chi connectivity index (χ3n) is 2.23. The van der Waals surface area contributed by atoms with Crippen molar-refractivity contribution in [1.82, 2.24) is 0 Å². The van der Waals surface area contributed by atoms with Gasteiger partial charge in [-0.25, -0.2) is 0 Å². The molecule has 0 rings (SSSR count). The van der Waals surface area contributed by atoms with Gasteiger partial charge in [0.1, 0.15) is 13.1 Å². The standard InChI is InChI=1S/C12H19NO2.H2O/c1-3-7-13(8-4-2,9-5-11-14)10-6-12-15;/h3-6,11-12H,1-2,7-10H2,(H-,14,15);1H2. The van der Waals surface area contributed by atoms with Crippen molar-refractivity contribution in [2.24, 2.45) is 0 Å². The molecule has 0 bridgehead atoms. The Labute approximate surface area is 97.0 Å². The van der Waals surface area contributed by atoms with Crippen molar-refractivity contribution in [3.63, 3.8) is 0 Å². The lowest BCUT2D eigenvalue weighted by molar-refractivity contribution is -0.906. The lowest BCUT2D eigenvalue weighted by Gasteiger charge is -2.34. The molecule has 3 N–H and O–H groups in total. The maximum absolute atomic E-state index is 8.68. The van der Waals surface area contributed by atoms with Crippen LogP contribution in [0.4, 0.5) is 0 Å². The lowest BCUT2D eigenvalue weighted by Crippen LogP contribution is -2.48. The largest absolute Gasteiger partial charge is 0.870 e. The Morgan fingerprint density at radius 1 is 0.812 bits per heavy atom. The molecule has 0 amide bonds. The van der Waals surface area contributed by atoms with E-state index in [0.29, 0.717) is 17.6 Å². The molecule has 92 valence electrons. The van der Waals surface area contributed by atoms with Gasteiger partial charge in [0, 0.05) is 12.2 Å². The number of nitrogens with zero attached hydrogens (tertiary/aromatic N) is 1. The first-order valence-corrected chi connectivity index (χ1v) is 4.90. The first kappa shape index (κ1) is 16.9. The van der Waals surface area contributed by atoms with Crippen LogP contribution in [0.15, 0.2) is 50.0 Å². The van der Waals surface area contributed by atoms with Gasteiger partial charge in [-0.15, -0.1) is 0 Å². The second kappa shape index (κ2) is 10.0. The molecule has 0 aliphatic carbocycles. The third kappa shape index (κ3) is 6.06. The second-order valence-electron chi connectivity index (χ2n) is 3.42. The van der Waals surface area contributed by atoms with E-state index in [1.807, 2.05) is 12.2 Å². The molecule has 0 radical (unpaired) electrons. The molecule has 16 heavy (non-hydrogen) atoms. The molecule has 4 heteroatoms. The fraction of sp³-hybridized carbons (Fsp3) is 0.333. The maximum atomic E-state index is 8.68. The predicted molar refractivity (Wildman–Crippen MR) is 65.6 cm³/mol. The van der Waals surface area contributed by atoms with E-state index in [4.69, 9.17) is 10.2 Å². The minimum atomic E-state index is 0. The Bertz CT molecular complexity index is 221. The fourth-order valence-corrected chi connectivity index (χ4v) is 1.54. The number of quaternary nitrogens is 1. The topological polar surface area (TPSA) is 70.5 Å².